The van der Waals surface area contributed by atoms with Gasteiger partial charge in [-0.25, -0.2) is 4.98 Å². The Morgan fingerprint density at radius 1 is 1.63 bits per heavy atom. The van der Waals surface area contributed by atoms with Gasteiger partial charge in [-0.05, 0) is 41.6 Å². The van der Waals surface area contributed by atoms with E-state index in [-0.39, 0.29) is 0 Å². The van der Waals surface area contributed by atoms with Crippen LogP contribution in [0.4, 0.5) is 5.82 Å². The monoisotopic (exact) mass is 344 g/mol. The highest BCUT2D eigenvalue weighted by atomic mass is 79.9. The van der Waals surface area contributed by atoms with E-state index < -0.39 is 5.60 Å². The summed E-state index contributed by atoms with van der Waals surface area (Å²) in [5.41, 5.74) is 0.197. The average Bonchev–Trinajstić information content (AvgIpc) is 2.65. The lowest BCUT2D eigenvalue weighted by Crippen LogP contribution is -2.43. The summed E-state index contributed by atoms with van der Waals surface area (Å²) < 4.78 is 2.52. The van der Waals surface area contributed by atoms with Gasteiger partial charge < -0.3 is 10.4 Å². The van der Waals surface area contributed by atoms with Gasteiger partial charge in [-0.3, -0.25) is 0 Å². The third-order valence-electron chi connectivity index (χ3n) is 3.43. The highest BCUT2D eigenvalue weighted by Crippen LogP contribution is 2.37. The molecule has 1 aliphatic carbocycles. The Bertz CT molecular complexity index is 619. The number of nitrogens with one attached hydrogen (secondary N) is 1. The minimum absolute atomic E-state index is 0.428. The summed E-state index contributed by atoms with van der Waals surface area (Å²) >= 11 is 9.40. The average molecular weight is 346 g/mol. The van der Waals surface area contributed by atoms with E-state index in [2.05, 4.69) is 31.3 Å². The summed E-state index contributed by atoms with van der Waals surface area (Å²) in [6, 6.07) is 1.75. The minimum Gasteiger partial charge on any atom is -0.390 e. The van der Waals surface area contributed by atoms with E-state index in [0.717, 1.165) is 29.7 Å². The zero-order valence-electron chi connectivity index (χ0n) is 10.4. The van der Waals surface area contributed by atoms with Crippen LogP contribution in [0.1, 0.15) is 19.8 Å². The van der Waals surface area contributed by atoms with Crippen molar-refractivity contribution in [3.05, 3.63) is 21.9 Å². The lowest BCUT2D eigenvalue weighted by atomic mass is 9.72. The van der Waals surface area contributed by atoms with Crippen LogP contribution in [0, 0.1) is 5.92 Å². The first-order valence-electron chi connectivity index (χ1n) is 6.11. The molecule has 0 amide bonds. The summed E-state index contributed by atoms with van der Waals surface area (Å²) in [5.74, 6) is 1.29. The van der Waals surface area contributed by atoms with Gasteiger partial charge in [0.05, 0.1) is 16.3 Å². The number of halogens is 2. The molecule has 1 fully saturated rings. The predicted octanol–water partition coefficient (Wildman–Crippen LogP) is 2.72. The van der Waals surface area contributed by atoms with Crippen molar-refractivity contribution in [3.8, 4) is 0 Å². The van der Waals surface area contributed by atoms with Gasteiger partial charge in [-0.1, -0.05) is 11.6 Å². The molecule has 2 aromatic heterocycles. The van der Waals surface area contributed by atoms with Crippen LogP contribution in [0.2, 0.25) is 5.15 Å². The zero-order chi connectivity index (χ0) is 13.6. The Balaban J connectivity index is 1.77. The number of nitrogens with zero attached hydrogens (tertiary/aromatic N) is 3. The van der Waals surface area contributed by atoms with Crippen LogP contribution in [0.5, 0.6) is 0 Å². The molecule has 1 aliphatic rings. The van der Waals surface area contributed by atoms with E-state index in [0.29, 0.717) is 16.7 Å². The first-order valence-corrected chi connectivity index (χ1v) is 7.28. The van der Waals surface area contributed by atoms with Gasteiger partial charge in [-0.15, -0.1) is 0 Å². The molecule has 3 rings (SSSR count). The summed E-state index contributed by atoms with van der Waals surface area (Å²) in [6.07, 6.45) is 3.34. The molecule has 0 aromatic carbocycles. The summed E-state index contributed by atoms with van der Waals surface area (Å²) in [7, 11) is 0. The number of hydrogen-bond acceptors (Lipinski definition) is 4. The van der Waals surface area contributed by atoms with Crippen LogP contribution in [-0.4, -0.2) is 31.9 Å². The summed E-state index contributed by atoms with van der Waals surface area (Å²) in [5, 5.41) is 17.7. The van der Waals surface area contributed by atoms with Crippen molar-refractivity contribution in [3.63, 3.8) is 0 Å². The van der Waals surface area contributed by atoms with E-state index in [4.69, 9.17) is 11.6 Å². The molecule has 19 heavy (non-hydrogen) atoms. The fourth-order valence-corrected chi connectivity index (χ4v) is 3.14. The molecule has 5 nitrogen and oxygen atoms in total. The van der Waals surface area contributed by atoms with E-state index in [1.165, 1.54) is 0 Å². The number of rotatable bonds is 3. The quantitative estimate of drug-likeness (QED) is 0.840. The van der Waals surface area contributed by atoms with Crippen LogP contribution >= 0.6 is 27.5 Å². The molecule has 7 heteroatoms. The van der Waals surface area contributed by atoms with Crippen LogP contribution < -0.4 is 5.32 Å². The van der Waals surface area contributed by atoms with Crippen molar-refractivity contribution in [2.45, 2.75) is 25.4 Å². The van der Waals surface area contributed by atoms with Gasteiger partial charge in [0.1, 0.15) is 11.0 Å². The first kappa shape index (κ1) is 13.1. The summed E-state index contributed by atoms with van der Waals surface area (Å²) in [4.78, 5) is 4.22. The number of hydrogen-bond donors (Lipinski definition) is 2. The van der Waals surface area contributed by atoms with Crippen molar-refractivity contribution in [1.29, 1.82) is 0 Å². The number of aromatic nitrogens is 3. The van der Waals surface area contributed by atoms with Crippen molar-refractivity contribution < 1.29 is 5.11 Å². The molecule has 0 aliphatic heterocycles. The van der Waals surface area contributed by atoms with Crippen LogP contribution in [0.25, 0.3) is 5.65 Å². The van der Waals surface area contributed by atoms with Crippen LogP contribution in [0.15, 0.2) is 16.7 Å². The Morgan fingerprint density at radius 2 is 2.37 bits per heavy atom. The second-order valence-corrected chi connectivity index (χ2v) is 6.59. The highest BCUT2D eigenvalue weighted by molar-refractivity contribution is 9.10. The minimum atomic E-state index is -0.494. The maximum atomic E-state index is 9.72. The first-order chi connectivity index (χ1) is 8.94. The van der Waals surface area contributed by atoms with E-state index in [1.54, 1.807) is 16.8 Å². The molecule has 0 atom stereocenters. The predicted molar refractivity (Wildman–Crippen MR) is 77.5 cm³/mol. The molecule has 102 valence electrons. The largest absolute Gasteiger partial charge is 0.390 e. The normalized spacial score (nSPS) is 26.4. The van der Waals surface area contributed by atoms with Gasteiger partial charge in [0, 0.05) is 12.6 Å². The second kappa shape index (κ2) is 4.61. The molecule has 0 spiro atoms. The van der Waals surface area contributed by atoms with E-state index >= 15 is 0 Å². The molecule has 1 saturated carbocycles. The third-order valence-corrected chi connectivity index (χ3v) is 4.18. The van der Waals surface area contributed by atoms with Gasteiger partial charge in [-0.2, -0.15) is 9.61 Å². The molecule has 0 radical (unpaired) electrons. The van der Waals surface area contributed by atoms with E-state index in [1.807, 2.05) is 6.92 Å². The van der Waals surface area contributed by atoms with Gasteiger partial charge >= 0.3 is 0 Å². The van der Waals surface area contributed by atoms with Gasteiger partial charge in [0.25, 0.3) is 0 Å². The lowest BCUT2D eigenvalue weighted by molar-refractivity contribution is -0.0523. The fraction of sp³-hybridized carbons (Fsp3) is 0.500. The molecule has 0 unspecified atom stereocenters. The second-order valence-electron chi connectivity index (χ2n) is 5.34. The van der Waals surface area contributed by atoms with Crippen LogP contribution in [-0.2, 0) is 0 Å². The molecular formula is C12H14BrClN4O. The topological polar surface area (TPSA) is 62.5 Å². The van der Waals surface area contributed by atoms with Gasteiger partial charge in [0.2, 0.25) is 0 Å². The SMILES string of the molecule is C[C@]1(O)C[C@H](CNc2cc(Cl)nc3c(Br)cnn23)C1. The fourth-order valence-electron chi connectivity index (χ4n) is 2.61. The zero-order valence-corrected chi connectivity index (χ0v) is 12.7. The molecule has 0 bridgehead atoms. The molecule has 0 saturated heterocycles. The summed E-state index contributed by atoms with van der Waals surface area (Å²) in [6.45, 7) is 2.67. The smallest absolute Gasteiger partial charge is 0.173 e. The van der Waals surface area contributed by atoms with Crippen molar-refractivity contribution >= 4 is 39.0 Å². The standard InChI is InChI=1S/C12H14BrClN4O/c1-12(19)3-7(4-12)5-15-10-2-9(14)17-11-8(13)6-16-18(10)11/h2,6-7,15,19H,3-5H2,1H3/t7-,12-. The third kappa shape index (κ3) is 2.57. The van der Waals surface area contributed by atoms with Gasteiger partial charge in [0.15, 0.2) is 5.65 Å². The Morgan fingerprint density at radius 3 is 3.05 bits per heavy atom. The van der Waals surface area contributed by atoms with E-state index in [9.17, 15) is 5.11 Å². The molecule has 2 aromatic rings. The van der Waals surface area contributed by atoms with Crippen molar-refractivity contribution in [2.24, 2.45) is 5.92 Å². The lowest BCUT2D eigenvalue weighted by Gasteiger charge is -2.41. The molecular weight excluding hydrogens is 332 g/mol. The maximum Gasteiger partial charge on any atom is 0.173 e. The Kier molecular flexibility index (Phi) is 3.19. The molecule has 2 N–H and O–H groups in total. The van der Waals surface area contributed by atoms with Crippen molar-refractivity contribution in [2.75, 3.05) is 11.9 Å². The number of aliphatic hydroxyl groups is 1. The molecule has 2 heterocycles. The van der Waals surface area contributed by atoms with Crippen LogP contribution in [0.3, 0.4) is 0 Å². The maximum absolute atomic E-state index is 9.72. The highest BCUT2D eigenvalue weighted by Gasteiger charge is 2.37. The number of anilines is 1. The number of fused-ring (bicyclic) bond motifs is 1. The Hall–Kier alpha value is -0.850. The van der Waals surface area contributed by atoms with Crippen molar-refractivity contribution in [1.82, 2.24) is 14.6 Å². The Labute approximate surface area is 124 Å².